The molecule has 0 unspecified atom stereocenters. The molecule has 0 radical (unpaired) electrons. The summed E-state index contributed by atoms with van der Waals surface area (Å²) in [5, 5.41) is 8.46. The molecule has 42 heavy (non-hydrogen) atoms. The smallest absolute Gasteiger partial charge is 0.243 e. The van der Waals surface area contributed by atoms with E-state index >= 15 is 0 Å². The average molecular weight is 628 g/mol. The monoisotopic (exact) mass is 628 g/mol. The second-order valence-electron chi connectivity index (χ2n) is 13.1. The summed E-state index contributed by atoms with van der Waals surface area (Å²) in [6.45, 7) is 0. The number of nitrogens with one attached hydrogen (secondary N) is 1. The van der Waals surface area contributed by atoms with E-state index < -0.39 is 0 Å². The Kier molecular flexibility index (Phi) is 36.9. The fourth-order valence-electron chi connectivity index (χ4n) is 6.10. The number of amides is 1. The first-order chi connectivity index (χ1) is 20.7. The van der Waals surface area contributed by atoms with E-state index in [2.05, 4.69) is 12.6 Å². The van der Waals surface area contributed by atoms with Crippen molar-refractivity contribution in [1.82, 2.24) is 5.48 Å². The van der Waals surface area contributed by atoms with E-state index in [-0.39, 0.29) is 5.91 Å². The largest absolute Gasteiger partial charge is 0.289 e. The predicted molar refractivity (Wildman–Crippen MR) is 193 cm³/mol. The zero-order chi connectivity index (χ0) is 30.6. The van der Waals surface area contributed by atoms with Crippen LogP contribution in [0, 0.1) is 0 Å². The number of thiocarbonyl (C=S) groups is 1. The van der Waals surface area contributed by atoms with Crippen molar-refractivity contribution < 1.29 is 10.0 Å². The molecule has 2 N–H and O–H groups in total. The van der Waals surface area contributed by atoms with Crippen LogP contribution < -0.4 is 5.48 Å². The third kappa shape index (κ3) is 37.9. The van der Waals surface area contributed by atoms with Crippen LogP contribution in [0.1, 0.15) is 225 Å². The van der Waals surface area contributed by atoms with Crippen molar-refractivity contribution in [3.63, 3.8) is 0 Å². The Morgan fingerprint density at radius 3 is 0.714 bits per heavy atom. The molecule has 0 bridgehead atoms. The zero-order valence-corrected chi connectivity index (χ0v) is 29.7. The maximum absolute atomic E-state index is 10.9. The molecule has 0 aliphatic rings. The minimum absolute atomic E-state index is 0.256. The molecule has 0 rings (SSSR count). The number of rotatable bonds is 36. The third-order valence-corrected chi connectivity index (χ3v) is 9.35. The molecule has 0 saturated carbocycles. The lowest BCUT2D eigenvalue weighted by molar-refractivity contribution is -0.129. The van der Waals surface area contributed by atoms with Gasteiger partial charge in [-0.1, -0.05) is 211 Å². The van der Waals surface area contributed by atoms with E-state index in [1.54, 1.807) is 5.48 Å². The van der Waals surface area contributed by atoms with Crippen LogP contribution in [0.2, 0.25) is 0 Å². The van der Waals surface area contributed by atoms with Gasteiger partial charge in [0.1, 0.15) is 0 Å². The van der Waals surface area contributed by atoms with Crippen molar-refractivity contribution in [2.24, 2.45) is 0 Å². The van der Waals surface area contributed by atoms with E-state index in [1.807, 2.05) is 0 Å². The molecule has 0 aliphatic heterocycles. The van der Waals surface area contributed by atoms with E-state index in [0.29, 0.717) is 6.42 Å². The van der Waals surface area contributed by atoms with Crippen LogP contribution in [0.15, 0.2) is 0 Å². The van der Waals surface area contributed by atoms with Crippen LogP contribution in [0.5, 0.6) is 0 Å². The highest BCUT2D eigenvalue weighted by molar-refractivity contribution is 8.11. The first-order valence-corrected chi connectivity index (χ1v) is 19.7. The van der Waals surface area contributed by atoms with Crippen molar-refractivity contribution in [2.75, 3.05) is 0 Å². The van der Waals surface area contributed by atoms with Gasteiger partial charge < -0.3 is 0 Å². The van der Waals surface area contributed by atoms with Crippen molar-refractivity contribution in [3.05, 3.63) is 0 Å². The van der Waals surface area contributed by atoms with Crippen LogP contribution in [0.25, 0.3) is 0 Å². The summed E-state index contributed by atoms with van der Waals surface area (Å²) in [4.78, 5) is 10.9. The number of carbonyl (C=O) groups is 1. The normalized spacial score (nSPS) is 11.3. The average Bonchev–Trinajstić information content (AvgIpc) is 2.98. The number of carbonyl (C=O) groups excluding carboxylic acids is 1. The van der Waals surface area contributed by atoms with Crippen LogP contribution >= 0.6 is 24.8 Å². The van der Waals surface area contributed by atoms with E-state index in [4.69, 9.17) is 17.4 Å². The molecule has 250 valence electrons. The summed E-state index contributed by atoms with van der Waals surface area (Å²) >= 11 is 9.21. The Morgan fingerprint density at radius 2 is 0.548 bits per heavy atom. The Hall–Kier alpha value is -0.130. The molecule has 0 saturated heterocycles. The third-order valence-electron chi connectivity index (χ3n) is 8.92. The van der Waals surface area contributed by atoms with Crippen molar-refractivity contribution >= 4 is 35.0 Å². The molecule has 5 heteroatoms. The van der Waals surface area contributed by atoms with Gasteiger partial charge in [-0.25, -0.2) is 5.48 Å². The maximum Gasteiger partial charge on any atom is 0.243 e. The van der Waals surface area contributed by atoms with Gasteiger partial charge in [0.2, 0.25) is 5.91 Å². The van der Waals surface area contributed by atoms with Gasteiger partial charge >= 0.3 is 0 Å². The van der Waals surface area contributed by atoms with Crippen LogP contribution in [-0.4, -0.2) is 15.3 Å². The molecule has 0 fully saturated rings. The molecule has 0 aromatic heterocycles. The Morgan fingerprint density at radius 1 is 0.381 bits per heavy atom. The second kappa shape index (κ2) is 37.1. The lowest BCUT2D eigenvalue weighted by Crippen LogP contribution is -2.17. The van der Waals surface area contributed by atoms with Gasteiger partial charge in [-0.05, 0) is 19.3 Å². The molecule has 1 amide bonds. The topological polar surface area (TPSA) is 49.3 Å². The summed E-state index contributed by atoms with van der Waals surface area (Å²) in [5.74, 6) is -0.256. The molecule has 0 aromatic rings. The van der Waals surface area contributed by atoms with Crippen LogP contribution in [0.3, 0.4) is 0 Å². The number of thiol groups is 1. The molecular weight excluding hydrogens is 555 g/mol. The Labute approximate surface area is 274 Å². The van der Waals surface area contributed by atoms with Crippen molar-refractivity contribution in [2.45, 2.75) is 225 Å². The maximum atomic E-state index is 10.9. The minimum Gasteiger partial charge on any atom is -0.289 e. The van der Waals surface area contributed by atoms with Crippen LogP contribution in [-0.2, 0) is 4.79 Å². The van der Waals surface area contributed by atoms with E-state index in [0.717, 1.165) is 23.5 Å². The van der Waals surface area contributed by atoms with E-state index in [9.17, 15) is 4.79 Å². The van der Waals surface area contributed by atoms with Gasteiger partial charge in [0.05, 0.1) is 0 Å². The predicted octanol–water partition coefficient (Wildman–Crippen LogP) is 13.4. The molecule has 3 nitrogen and oxygen atoms in total. The molecule has 0 aromatic carbocycles. The van der Waals surface area contributed by atoms with Gasteiger partial charge in [0.15, 0.2) is 0 Å². The van der Waals surface area contributed by atoms with Gasteiger partial charge in [0.25, 0.3) is 0 Å². The zero-order valence-electron chi connectivity index (χ0n) is 28.0. The van der Waals surface area contributed by atoms with Gasteiger partial charge in [-0.15, -0.1) is 12.6 Å². The van der Waals surface area contributed by atoms with Crippen molar-refractivity contribution in [3.8, 4) is 0 Å². The van der Waals surface area contributed by atoms with Crippen molar-refractivity contribution in [1.29, 1.82) is 0 Å². The van der Waals surface area contributed by atoms with Gasteiger partial charge in [0, 0.05) is 10.6 Å². The highest BCUT2D eigenvalue weighted by Gasteiger charge is 1.99. The Bertz CT molecular complexity index is 558. The fraction of sp³-hybridized carbons (Fsp3) is 0.946. The quantitative estimate of drug-likeness (QED) is 0.0213. The van der Waals surface area contributed by atoms with Crippen LogP contribution in [0.4, 0.5) is 0 Å². The molecule has 0 aliphatic carbocycles. The number of hydrogen-bond donors (Lipinski definition) is 3. The Balaban J connectivity index is 3.05. The summed E-state index contributed by atoms with van der Waals surface area (Å²) < 4.78 is 0.874. The van der Waals surface area contributed by atoms with Gasteiger partial charge in [-0.3, -0.25) is 10.0 Å². The first kappa shape index (κ1) is 41.9. The molecule has 0 spiro atoms. The number of unbranched alkanes of at least 4 members (excludes halogenated alkanes) is 32. The first-order valence-electron chi connectivity index (χ1n) is 18.8. The second-order valence-corrected chi connectivity index (χ2v) is 14.4. The SMILES string of the molecule is O=C(CCCCCCCCCCCCCCCCCCCCCCCCCCCCCCCCCCCC(=S)S)NO. The number of hydrogen-bond acceptors (Lipinski definition) is 3. The molecule has 0 atom stereocenters. The summed E-state index contributed by atoms with van der Waals surface area (Å²) in [7, 11) is 0. The minimum atomic E-state index is -0.256. The highest BCUT2D eigenvalue weighted by atomic mass is 32.1. The van der Waals surface area contributed by atoms with Gasteiger partial charge in [-0.2, -0.15) is 0 Å². The standard InChI is InChI=1S/C37H73NO2S2/c39-36(38-40)34-32-30-28-26-24-22-20-18-16-14-12-10-8-6-4-2-1-3-5-7-9-11-13-15-17-19-21-23-25-27-29-31-33-35-37(41)42/h40H,1-35H2,(H,38,39)(H,41,42). The summed E-state index contributed by atoms with van der Waals surface area (Å²) in [6, 6.07) is 0. The highest BCUT2D eigenvalue weighted by Crippen LogP contribution is 2.17. The fourth-order valence-corrected chi connectivity index (χ4v) is 6.40. The van der Waals surface area contributed by atoms with E-state index in [1.165, 1.54) is 199 Å². The number of hydroxylamine groups is 1. The molecule has 0 heterocycles. The summed E-state index contributed by atoms with van der Waals surface area (Å²) in [5.41, 5.74) is 1.70. The summed E-state index contributed by atoms with van der Waals surface area (Å²) in [6.07, 6.45) is 47.3. The lowest BCUT2D eigenvalue weighted by atomic mass is 10.0. The lowest BCUT2D eigenvalue weighted by Gasteiger charge is -2.05. The molecular formula is C37H73NO2S2.